The van der Waals surface area contributed by atoms with Gasteiger partial charge in [0.05, 0.1) is 0 Å². The number of hydrogen-bond donors (Lipinski definition) is 0. The average molecular weight is 314 g/mol. The minimum Gasteiger partial charge on any atom is -0.457 e. The summed E-state index contributed by atoms with van der Waals surface area (Å²) in [6.07, 6.45) is 7.27. The van der Waals surface area contributed by atoms with E-state index < -0.39 is 5.60 Å². The number of carbonyl (C=O) groups excluding carboxylic acids is 2. The molecule has 1 aliphatic carbocycles. The Kier molecular flexibility index (Phi) is 5.75. The van der Waals surface area contributed by atoms with Crippen molar-refractivity contribution in [1.29, 1.82) is 0 Å². The molecule has 0 amide bonds. The number of benzene rings is 1. The summed E-state index contributed by atoms with van der Waals surface area (Å²) >= 11 is 0. The van der Waals surface area contributed by atoms with Gasteiger partial charge in [0.2, 0.25) is 0 Å². The van der Waals surface area contributed by atoms with Crippen LogP contribution >= 0.6 is 0 Å². The van der Waals surface area contributed by atoms with Crippen LogP contribution in [-0.4, -0.2) is 17.4 Å². The predicted octanol–water partition coefficient (Wildman–Crippen LogP) is 4.57. The molecule has 124 valence electrons. The van der Waals surface area contributed by atoms with Crippen LogP contribution in [0.4, 0.5) is 0 Å². The summed E-state index contributed by atoms with van der Waals surface area (Å²) in [5, 5.41) is 0. The summed E-state index contributed by atoms with van der Waals surface area (Å²) in [4.78, 5) is 23.8. The highest BCUT2D eigenvalue weighted by molar-refractivity contribution is 5.99. The van der Waals surface area contributed by atoms with Crippen LogP contribution in [0.2, 0.25) is 0 Å². The van der Waals surface area contributed by atoms with Gasteiger partial charge in [-0.15, -0.1) is 0 Å². The first-order valence-corrected chi connectivity index (χ1v) is 8.35. The van der Waals surface area contributed by atoms with Crippen molar-refractivity contribution in [3.8, 4) is 0 Å². The number of carbonyl (C=O) groups is 2. The van der Waals surface area contributed by atoms with E-state index in [0.717, 1.165) is 31.2 Å². The molecule has 1 saturated carbocycles. The number of ketones is 1. The maximum Gasteiger partial charge on any atom is 0.330 e. The predicted molar refractivity (Wildman–Crippen MR) is 91.2 cm³/mol. The van der Waals surface area contributed by atoms with E-state index in [-0.39, 0.29) is 17.7 Å². The lowest BCUT2D eigenvalue weighted by molar-refractivity contribution is -0.148. The van der Waals surface area contributed by atoms with Gasteiger partial charge in [0.1, 0.15) is 5.60 Å². The molecule has 0 aliphatic heterocycles. The van der Waals surface area contributed by atoms with Crippen LogP contribution in [-0.2, 0) is 9.53 Å². The van der Waals surface area contributed by atoms with Gasteiger partial charge in [-0.05, 0) is 52.4 Å². The van der Waals surface area contributed by atoms with Crippen molar-refractivity contribution < 1.29 is 14.3 Å². The zero-order chi connectivity index (χ0) is 16.9. The van der Waals surface area contributed by atoms with Crippen LogP contribution in [0.1, 0.15) is 56.8 Å². The lowest BCUT2D eigenvalue weighted by atomic mass is 10.0. The molecular weight excluding hydrogens is 288 g/mol. The Morgan fingerprint density at radius 3 is 2.57 bits per heavy atom. The maximum atomic E-state index is 12.3. The average Bonchev–Trinajstić information content (AvgIpc) is 3.25. The SMILES string of the molecule is CC(C)(C)OC(=O)/C=C/CCC[C@H]1C[C@@H]1C(=O)c1ccccc1. The molecule has 1 fully saturated rings. The van der Waals surface area contributed by atoms with Crippen molar-refractivity contribution in [2.45, 2.75) is 52.1 Å². The fraction of sp³-hybridized carbons (Fsp3) is 0.500. The van der Waals surface area contributed by atoms with Crippen molar-refractivity contribution >= 4 is 11.8 Å². The molecule has 0 N–H and O–H groups in total. The Bertz CT molecular complexity index is 566. The van der Waals surface area contributed by atoms with Gasteiger partial charge >= 0.3 is 5.97 Å². The van der Waals surface area contributed by atoms with E-state index in [1.54, 1.807) is 0 Å². The molecule has 1 aromatic carbocycles. The largest absolute Gasteiger partial charge is 0.457 e. The number of esters is 1. The second-order valence-corrected chi connectivity index (χ2v) is 7.20. The van der Waals surface area contributed by atoms with Crippen LogP contribution < -0.4 is 0 Å². The summed E-state index contributed by atoms with van der Waals surface area (Å²) in [6.45, 7) is 5.57. The Hall–Kier alpha value is -1.90. The quantitative estimate of drug-likeness (QED) is 0.320. The van der Waals surface area contributed by atoms with Crippen LogP contribution in [0.5, 0.6) is 0 Å². The molecule has 1 aromatic rings. The highest BCUT2D eigenvalue weighted by atomic mass is 16.6. The van der Waals surface area contributed by atoms with Crippen LogP contribution in [0.25, 0.3) is 0 Å². The summed E-state index contributed by atoms with van der Waals surface area (Å²) in [7, 11) is 0. The number of hydrogen-bond acceptors (Lipinski definition) is 3. The number of rotatable bonds is 7. The zero-order valence-electron chi connectivity index (χ0n) is 14.2. The van der Waals surface area contributed by atoms with Gasteiger partial charge in [0.25, 0.3) is 0 Å². The molecule has 0 aromatic heterocycles. The third kappa shape index (κ3) is 6.01. The lowest BCUT2D eigenvalue weighted by Crippen LogP contribution is -2.22. The fourth-order valence-corrected chi connectivity index (χ4v) is 2.72. The van der Waals surface area contributed by atoms with Crippen LogP contribution in [0, 0.1) is 11.8 Å². The summed E-state index contributed by atoms with van der Waals surface area (Å²) in [5.41, 5.74) is 0.380. The second kappa shape index (κ2) is 7.58. The molecule has 0 spiro atoms. The lowest BCUT2D eigenvalue weighted by Gasteiger charge is -2.17. The summed E-state index contributed by atoms with van der Waals surface area (Å²) in [5.74, 6) is 0.700. The molecule has 0 heterocycles. The molecule has 2 atom stereocenters. The van der Waals surface area contributed by atoms with Crippen molar-refractivity contribution in [3.05, 3.63) is 48.0 Å². The van der Waals surface area contributed by atoms with Crippen molar-refractivity contribution in [2.75, 3.05) is 0 Å². The standard InChI is InChI=1S/C20H26O3/c1-20(2,3)23-18(21)13-9-5-8-12-16-14-17(16)19(22)15-10-6-4-7-11-15/h4,6-7,9-11,13,16-17H,5,8,12,14H2,1-3H3/b13-9+/t16-,17-/m0/s1. The monoisotopic (exact) mass is 314 g/mol. The number of allylic oxidation sites excluding steroid dienone is 1. The van der Waals surface area contributed by atoms with E-state index in [4.69, 9.17) is 4.74 Å². The molecule has 3 nitrogen and oxygen atoms in total. The molecule has 0 radical (unpaired) electrons. The zero-order valence-corrected chi connectivity index (χ0v) is 14.2. The topological polar surface area (TPSA) is 43.4 Å². The minimum atomic E-state index is -0.444. The number of unbranched alkanes of at least 4 members (excludes halogenated alkanes) is 1. The Balaban J connectivity index is 1.63. The molecule has 23 heavy (non-hydrogen) atoms. The Morgan fingerprint density at radius 1 is 1.22 bits per heavy atom. The molecule has 2 rings (SSSR count). The molecule has 0 bridgehead atoms. The van der Waals surface area contributed by atoms with E-state index in [9.17, 15) is 9.59 Å². The van der Waals surface area contributed by atoms with Gasteiger partial charge in [-0.3, -0.25) is 4.79 Å². The third-order valence-electron chi connectivity index (χ3n) is 3.92. The van der Waals surface area contributed by atoms with Crippen molar-refractivity contribution in [1.82, 2.24) is 0 Å². The van der Waals surface area contributed by atoms with Gasteiger partial charge in [-0.25, -0.2) is 4.79 Å². The summed E-state index contributed by atoms with van der Waals surface area (Å²) < 4.78 is 5.20. The van der Waals surface area contributed by atoms with Crippen LogP contribution in [0.3, 0.4) is 0 Å². The highest BCUT2D eigenvalue weighted by Crippen LogP contribution is 2.44. The van der Waals surface area contributed by atoms with E-state index >= 15 is 0 Å². The van der Waals surface area contributed by atoms with Crippen molar-refractivity contribution in [3.63, 3.8) is 0 Å². The Morgan fingerprint density at radius 2 is 1.91 bits per heavy atom. The second-order valence-electron chi connectivity index (χ2n) is 7.20. The minimum absolute atomic E-state index is 0.201. The van der Waals surface area contributed by atoms with Gasteiger partial charge < -0.3 is 4.74 Å². The van der Waals surface area contributed by atoms with E-state index in [0.29, 0.717) is 5.92 Å². The van der Waals surface area contributed by atoms with Gasteiger partial charge in [0, 0.05) is 17.6 Å². The molecule has 0 saturated heterocycles. The first-order chi connectivity index (χ1) is 10.9. The van der Waals surface area contributed by atoms with E-state index in [1.807, 2.05) is 57.2 Å². The molecule has 0 unspecified atom stereocenters. The smallest absolute Gasteiger partial charge is 0.330 e. The van der Waals surface area contributed by atoms with Gasteiger partial charge in [-0.2, -0.15) is 0 Å². The number of Topliss-reactive ketones (excluding diaryl/α,β-unsaturated/α-hetero) is 1. The van der Waals surface area contributed by atoms with E-state index in [2.05, 4.69) is 0 Å². The third-order valence-corrected chi connectivity index (χ3v) is 3.92. The first-order valence-electron chi connectivity index (χ1n) is 8.35. The molecular formula is C20H26O3. The fourth-order valence-electron chi connectivity index (χ4n) is 2.72. The first kappa shape index (κ1) is 17.5. The van der Waals surface area contributed by atoms with Crippen LogP contribution in [0.15, 0.2) is 42.5 Å². The van der Waals surface area contributed by atoms with Gasteiger partial charge in [0.15, 0.2) is 5.78 Å². The Labute approximate surface area is 138 Å². The van der Waals surface area contributed by atoms with Crippen molar-refractivity contribution in [2.24, 2.45) is 11.8 Å². The molecule has 1 aliphatic rings. The molecule has 3 heteroatoms. The number of ether oxygens (including phenoxy) is 1. The van der Waals surface area contributed by atoms with E-state index in [1.165, 1.54) is 6.08 Å². The highest BCUT2D eigenvalue weighted by Gasteiger charge is 2.42. The van der Waals surface area contributed by atoms with Gasteiger partial charge in [-0.1, -0.05) is 36.4 Å². The normalized spacial score (nSPS) is 20.5. The summed E-state index contributed by atoms with van der Waals surface area (Å²) in [6, 6.07) is 9.53. The maximum absolute atomic E-state index is 12.3.